The molecule has 3 rings (SSSR count). The fraction of sp³-hybridized carbons (Fsp3) is 0.235. The van der Waals surface area contributed by atoms with Crippen molar-refractivity contribution >= 4 is 23.1 Å². The molecule has 0 atom stereocenters. The Bertz CT molecular complexity index is 696. The van der Waals surface area contributed by atoms with Gasteiger partial charge in [-0.2, -0.15) is 0 Å². The van der Waals surface area contributed by atoms with Crippen LogP contribution in [0.2, 0.25) is 5.02 Å². The smallest absolute Gasteiger partial charge is 0.196 e. The molecule has 0 saturated carbocycles. The van der Waals surface area contributed by atoms with Crippen LogP contribution in [0.1, 0.15) is 15.9 Å². The SMILES string of the molecule is O=C(c1cccc(Cl)c1)c1ccc(N2CCOCC2)cc1O. The molecular weight excluding hydrogens is 302 g/mol. The predicted molar refractivity (Wildman–Crippen MR) is 86.0 cm³/mol. The van der Waals surface area contributed by atoms with Gasteiger partial charge >= 0.3 is 0 Å². The highest BCUT2D eigenvalue weighted by Gasteiger charge is 2.17. The lowest BCUT2D eigenvalue weighted by atomic mass is 10.0. The third-order valence-electron chi connectivity index (χ3n) is 3.69. The lowest BCUT2D eigenvalue weighted by Crippen LogP contribution is -2.36. The summed E-state index contributed by atoms with van der Waals surface area (Å²) in [5, 5.41) is 10.7. The Labute approximate surface area is 133 Å². The average molecular weight is 318 g/mol. The molecule has 2 aromatic carbocycles. The van der Waals surface area contributed by atoms with Gasteiger partial charge in [-0.1, -0.05) is 23.7 Å². The van der Waals surface area contributed by atoms with Gasteiger partial charge in [-0.25, -0.2) is 0 Å². The number of ether oxygens (including phenoxy) is 1. The predicted octanol–water partition coefficient (Wildman–Crippen LogP) is 3.11. The van der Waals surface area contributed by atoms with Crippen molar-refractivity contribution in [2.45, 2.75) is 0 Å². The minimum Gasteiger partial charge on any atom is -0.507 e. The number of carbonyl (C=O) groups excluding carboxylic acids is 1. The maximum absolute atomic E-state index is 12.5. The fourth-order valence-corrected chi connectivity index (χ4v) is 2.71. The molecular formula is C17H16ClNO3. The van der Waals surface area contributed by atoms with E-state index >= 15 is 0 Å². The molecule has 0 unspecified atom stereocenters. The highest BCUT2D eigenvalue weighted by atomic mass is 35.5. The molecule has 1 saturated heterocycles. The van der Waals surface area contributed by atoms with E-state index < -0.39 is 0 Å². The molecule has 5 heteroatoms. The van der Waals surface area contributed by atoms with Crippen molar-refractivity contribution in [1.82, 2.24) is 0 Å². The summed E-state index contributed by atoms with van der Waals surface area (Å²) in [6.07, 6.45) is 0. The van der Waals surface area contributed by atoms with E-state index in [1.54, 1.807) is 36.4 Å². The van der Waals surface area contributed by atoms with Crippen LogP contribution >= 0.6 is 11.6 Å². The van der Waals surface area contributed by atoms with Gasteiger partial charge in [-0.3, -0.25) is 4.79 Å². The van der Waals surface area contributed by atoms with Crippen LogP contribution in [0.4, 0.5) is 5.69 Å². The van der Waals surface area contributed by atoms with Gasteiger partial charge in [0.05, 0.1) is 18.8 Å². The van der Waals surface area contributed by atoms with Gasteiger partial charge in [-0.15, -0.1) is 0 Å². The summed E-state index contributed by atoms with van der Waals surface area (Å²) >= 11 is 5.91. The van der Waals surface area contributed by atoms with Gasteiger partial charge in [0.1, 0.15) is 5.75 Å². The third kappa shape index (κ3) is 3.08. The van der Waals surface area contributed by atoms with E-state index in [4.69, 9.17) is 16.3 Å². The molecule has 1 N–H and O–H groups in total. The molecule has 0 aliphatic carbocycles. The van der Waals surface area contributed by atoms with Crippen LogP contribution in [-0.4, -0.2) is 37.2 Å². The number of phenolic OH excluding ortho intramolecular Hbond substituents is 1. The molecule has 114 valence electrons. The lowest BCUT2D eigenvalue weighted by molar-refractivity contribution is 0.103. The van der Waals surface area contributed by atoms with Crippen LogP contribution in [0.3, 0.4) is 0 Å². The molecule has 0 aromatic heterocycles. The minimum atomic E-state index is -0.242. The Morgan fingerprint density at radius 3 is 2.59 bits per heavy atom. The number of ketones is 1. The second-order valence-corrected chi connectivity index (χ2v) is 5.58. The lowest BCUT2D eigenvalue weighted by Gasteiger charge is -2.29. The summed E-state index contributed by atoms with van der Waals surface area (Å²) in [6, 6.07) is 11.8. The topological polar surface area (TPSA) is 49.8 Å². The maximum atomic E-state index is 12.5. The highest BCUT2D eigenvalue weighted by Crippen LogP contribution is 2.27. The second kappa shape index (κ2) is 6.38. The first-order valence-corrected chi connectivity index (χ1v) is 7.49. The molecule has 0 radical (unpaired) electrons. The normalized spacial score (nSPS) is 14.9. The number of morpholine rings is 1. The van der Waals surface area contributed by atoms with Gasteiger partial charge in [-0.05, 0) is 24.3 Å². The van der Waals surface area contributed by atoms with E-state index in [-0.39, 0.29) is 17.1 Å². The zero-order valence-corrected chi connectivity index (χ0v) is 12.7. The zero-order chi connectivity index (χ0) is 15.5. The van der Waals surface area contributed by atoms with Crippen molar-refractivity contribution in [2.75, 3.05) is 31.2 Å². The number of hydrogen-bond donors (Lipinski definition) is 1. The molecule has 0 spiro atoms. The van der Waals surface area contributed by atoms with Crippen LogP contribution in [0.25, 0.3) is 0 Å². The molecule has 1 fully saturated rings. The van der Waals surface area contributed by atoms with Crippen LogP contribution in [0.5, 0.6) is 5.75 Å². The van der Waals surface area contributed by atoms with E-state index in [1.165, 1.54) is 0 Å². The Balaban J connectivity index is 1.87. The Morgan fingerprint density at radius 1 is 1.14 bits per heavy atom. The largest absolute Gasteiger partial charge is 0.507 e. The third-order valence-corrected chi connectivity index (χ3v) is 3.92. The van der Waals surface area contributed by atoms with Gasteiger partial charge in [0.25, 0.3) is 0 Å². The monoisotopic (exact) mass is 317 g/mol. The number of carbonyl (C=O) groups is 1. The van der Waals surface area contributed by atoms with E-state index in [1.807, 2.05) is 6.07 Å². The number of anilines is 1. The Morgan fingerprint density at radius 2 is 1.91 bits per heavy atom. The summed E-state index contributed by atoms with van der Waals surface area (Å²) in [5.41, 5.74) is 1.63. The molecule has 2 aromatic rings. The summed E-state index contributed by atoms with van der Waals surface area (Å²) in [5.74, 6) is -0.262. The molecule has 4 nitrogen and oxygen atoms in total. The number of rotatable bonds is 3. The van der Waals surface area contributed by atoms with Crippen molar-refractivity contribution in [3.63, 3.8) is 0 Å². The zero-order valence-electron chi connectivity index (χ0n) is 12.0. The van der Waals surface area contributed by atoms with Gasteiger partial charge in [0.15, 0.2) is 5.78 Å². The summed E-state index contributed by atoms with van der Waals surface area (Å²) < 4.78 is 5.31. The van der Waals surface area contributed by atoms with E-state index in [0.29, 0.717) is 23.8 Å². The van der Waals surface area contributed by atoms with Gasteiger partial charge in [0.2, 0.25) is 0 Å². The Kier molecular flexibility index (Phi) is 4.32. The molecule has 0 bridgehead atoms. The van der Waals surface area contributed by atoms with Crippen molar-refractivity contribution in [3.05, 3.63) is 58.6 Å². The molecule has 22 heavy (non-hydrogen) atoms. The van der Waals surface area contributed by atoms with Crippen LogP contribution in [0, 0.1) is 0 Å². The Hall–Kier alpha value is -2.04. The first-order chi connectivity index (χ1) is 10.6. The number of nitrogens with zero attached hydrogens (tertiary/aromatic N) is 1. The van der Waals surface area contributed by atoms with Crippen molar-refractivity contribution in [2.24, 2.45) is 0 Å². The fourth-order valence-electron chi connectivity index (χ4n) is 2.52. The van der Waals surface area contributed by atoms with Crippen molar-refractivity contribution in [3.8, 4) is 5.75 Å². The van der Waals surface area contributed by atoms with Crippen molar-refractivity contribution < 1.29 is 14.6 Å². The molecule has 1 aliphatic heterocycles. The number of benzene rings is 2. The van der Waals surface area contributed by atoms with E-state index in [0.717, 1.165) is 18.8 Å². The van der Waals surface area contributed by atoms with Crippen LogP contribution in [-0.2, 0) is 4.74 Å². The number of aromatic hydroxyl groups is 1. The van der Waals surface area contributed by atoms with Gasteiger partial charge < -0.3 is 14.7 Å². The first kappa shape index (κ1) is 14.9. The highest BCUT2D eigenvalue weighted by molar-refractivity contribution is 6.31. The molecule has 1 heterocycles. The second-order valence-electron chi connectivity index (χ2n) is 5.14. The molecule has 0 amide bonds. The van der Waals surface area contributed by atoms with Gasteiger partial charge in [0, 0.05) is 35.4 Å². The maximum Gasteiger partial charge on any atom is 0.196 e. The molecule has 1 aliphatic rings. The van der Waals surface area contributed by atoms with Crippen molar-refractivity contribution in [1.29, 1.82) is 0 Å². The standard InChI is InChI=1S/C17H16ClNO3/c18-13-3-1-2-12(10-13)17(21)15-5-4-14(11-16(15)20)19-6-8-22-9-7-19/h1-5,10-11,20H,6-9H2. The quantitative estimate of drug-likeness (QED) is 0.884. The van der Waals surface area contributed by atoms with Crippen LogP contribution in [0.15, 0.2) is 42.5 Å². The van der Waals surface area contributed by atoms with E-state index in [2.05, 4.69) is 4.90 Å². The summed E-state index contributed by atoms with van der Waals surface area (Å²) in [6.45, 7) is 2.90. The summed E-state index contributed by atoms with van der Waals surface area (Å²) in [4.78, 5) is 14.6. The van der Waals surface area contributed by atoms with E-state index in [9.17, 15) is 9.90 Å². The minimum absolute atomic E-state index is 0.0195. The first-order valence-electron chi connectivity index (χ1n) is 7.11. The average Bonchev–Trinajstić information content (AvgIpc) is 2.55. The number of halogens is 1. The van der Waals surface area contributed by atoms with Crippen LogP contribution < -0.4 is 4.90 Å². The number of phenols is 1. The number of hydrogen-bond acceptors (Lipinski definition) is 4. The summed E-state index contributed by atoms with van der Waals surface area (Å²) in [7, 11) is 0.